The Morgan fingerprint density at radius 1 is 1.33 bits per heavy atom. The Bertz CT molecular complexity index is 376. The normalized spacial score (nSPS) is 22.3. The van der Waals surface area contributed by atoms with Gasteiger partial charge < -0.3 is 4.90 Å². The van der Waals surface area contributed by atoms with Crippen LogP contribution < -0.4 is 0 Å². The van der Waals surface area contributed by atoms with Crippen molar-refractivity contribution in [2.24, 2.45) is 0 Å². The van der Waals surface area contributed by atoms with E-state index in [-0.39, 0.29) is 0 Å². The third-order valence-electron chi connectivity index (χ3n) is 3.06. The lowest BCUT2D eigenvalue weighted by Crippen LogP contribution is -2.22. The molecule has 1 aromatic carbocycles. The molecule has 0 radical (unpaired) electrons. The number of benzene rings is 1. The molecule has 1 aliphatic heterocycles. The number of fused-ring (bicyclic) bond motifs is 1. The summed E-state index contributed by atoms with van der Waals surface area (Å²) in [5, 5.41) is 1.42. The molecule has 0 N–H and O–H groups in total. The molecule has 1 aromatic rings. The van der Waals surface area contributed by atoms with Crippen molar-refractivity contribution in [2.75, 3.05) is 20.1 Å². The van der Waals surface area contributed by atoms with Gasteiger partial charge in [-0.15, -0.1) is 0 Å². The minimum atomic E-state index is 0.457. The molecule has 3 heteroatoms. The number of hydrogen-bond acceptors (Lipinski definition) is 1. The van der Waals surface area contributed by atoms with Crippen LogP contribution in [-0.4, -0.2) is 25.0 Å². The maximum atomic E-state index is 6.28. The molecule has 1 heterocycles. The number of rotatable bonds is 0. The van der Waals surface area contributed by atoms with Crippen LogP contribution in [0.15, 0.2) is 12.1 Å². The monoisotopic (exact) mass is 243 g/mol. The Morgan fingerprint density at radius 2 is 2.07 bits per heavy atom. The zero-order valence-electron chi connectivity index (χ0n) is 9.06. The van der Waals surface area contributed by atoms with Crippen LogP contribution in [0.5, 0.6) is 0 Å². The average molecular weight is 244 g/mol. The van der Waals surface area contributed by atoms with Crippen LogP contribution in [0, 0.1) is 0 Å². The van der Waals surface area contributed by atoms with E-state index >= 15 is 0 Å². The van der Waals surface area contributed by atoms with E-state index in [1.165, 1.54) is 11.1 Å². The summed E-state index contributed by atoms with van der Waals surface area (Å²) in [5.41, 5.74) is 2.59. The van der Waals surface area contributed by atoms with Crippen molar-refractivity contribution in [3.05, 3.63) is 33.3 Å². The lowest BCUT2D eigenvalue weighted by molar-refractivity contribution is 0.332. The van der Waals surface area contributed by atoms with Gasteiger partial charge in [-0.3, -0.25) is 0 Å². The van der Waals surface area contributed by atoms with Gasteiger partial charge in [0, 0.05) is 13.1 Å². The highest BCUT2D eigenvalue weighted by molar-refractivity contribution is 6.42. The lowest BCUT2D eigenvalue weighted by Gasteiger charge is -2.18. The summed E-state index contributed by atoms with van der Waals surface area (Å²) in [6, 6.07) is 4.01. The van der Waals surface area contributed by atoms with Crippen LogP contribution in [0.2, 0.25) is 10.0 Å². The van der Waals surface area contributed by atoms with Crippen molar-refractivity contribution < 1.29 is 0 Å². The molecule has 0 spiro atoms. The van der Waals surface area contributed by atoms with E-state index in [1.807, 2.05) is 6.07 Å². The Balaban J connectivity index is 2.50. The van der Waals surface area contributed by atoms with Crippen molar-refractivity contribution in [1.29, 1.82) is 0 Å². The summed E-state index contributed by atoms with van der Waals surface area (Å²) in [7, 11) is 2.15. The second kappa shape index (κ2) is 4.32. The minimum absolute atomic E-state index is 0.457. The van der Waals surface area contributed by atoms with E-state index in [2.05, 4.69) is 24.9 Å². The Labute approximate surface area is 101 Å². The first-order valence-electron chi connectivity index (χ1n) is 5.25. The lowest BCUT2D eigenvalue weighted by atomic mass is 9.95. The molecule has 1 aliphatic rings. The van der Waals surface area contributed by atoms with Crippen molar-refractivity contribution >= 4 is 23.2 Å². The molecule has 1 atom stereocenters. The molecule has 82 valence electrons. The van der Waals surface area contributed by atoms with Crippen LogP contribution in [0.25, 0.3) is 0 Å². The fraction of sp³-hybridized carbons (Fsp3) is 0.500. The van der Waals surface area contributed by atoms with Crippen LogP contribution in [0.4, 0.5) is 0 Å². The maximum Gasteiger partial charge on any atom is 0.0630 e. The molecule has 0 aliphatic carbocycles. The predicted molar refractivity (Wildman–Crippen MR) is 66.1 cm³/mol. The van der Waals surface area contributed by atoms with Crippen LogP contribution in [-0.2, 0) is 6.42 Å². The van der Waals surface area contributed by atoms with Gasteiger partial charge in [-0.05, 0) is 36.6 Å². The molecule has 0 saturated heterocycles. The van der Waals surface area contributed by atoms with Crippen molar-refractivity contribution in [3.63, 3.8) is 0 Å². The van der Waals surface area contributed by atoms with Gasteiger partial charge in [0.05, 0.1) is 10.0 Å². The third-order valence-corrected chi connectivity index (χ3v) is 3.88. The maximum absolute atomic E-state index is 6.28. The van der Waals surface area contributed by atoms with Crippen LogP contribution in [0.1, 0.15) is 24.0 Å². The fourth-order valence-electron chi connectivity index (χ4n) is 2.32. The molecule has 0 unspecified atom stereocenters. The van der Waals surface area contributed by atoms with E-state index in [0.717, 1.165) is 24.5 Å². The van der Waals surface area contributed by atoms with Gasteiger partial charge in [0.15, 0.2) is 0 Å². The minimum Gasteiger partial charge on any atom is -0.305 e. The molecule has 15 heavy (non-hydrogen) atoms. The van der Waals surface area contributed by atoms with Gasteiger partial charge in [0.25, 0.3) is 0 Å². The summed E-state index contributed by atoms with van der Waals surface area (Å²) in [4.78, 5) is 2.34. The summed E-state index contributed by atoms with van der Waals surface area (Å²) in [6.45, 7) is 4.35. The van der Waals surface area contributed by atoms with Gasteiger partial charge in [0.1, 0.15) is 0 Å². The van der Waals surface area contributed by atoms with Gasteiger partial charge in [-0.25, -0.2) is 0 Å². The molecule has 0 fully saturated rings. The predicted octanol–water partition coefficient (Wildman–Crippen LogP) is 3.58. The first-order valence-corrected chi connectivity index (χ1v) is 6.00. The second-order valence-electron chi connectivity index (χ2n) is 4.35. The largest absolute Gasteiger partial charge is 0.305 e. The Hall–Kier alpha value is -0.240. The fourth-order valence-corrected chi connectivity index (χ4v) is 2.85. The molecule has 0 bridgehead atoms. The standard InChI is InChI=1S/C12H15Cl2N/c1-8-7-15(2)6-5-9-3-4-10(13)12(14)11(8)9/h3-4,8H,5-7H2,1-2H3/t8-/m1/s1. The molecule has 2 rings (SSSR count). The van der Waals surface area contributed by atoms with Gasteiger partial charge >= 0.3 is 0 Å². The summed E-state index contributed by atoms with van der Waals surface area (Å²) in [5.74, 6) is 0.457. The molecule has 0 aromatic heterocycles. The molecule has 0 amide bonds. The highest BCUT2D eigenvalue weighted by Crippen LogP contribution is 2.35. The first-order chi connectivity index (χ1) is 7.09. The first kappa shape index (κ1) is 11.3. The molecular weight excluding hydrogens is 229 g/mol. The van der Waals surface area contributed by atoms with E-state index in [4.69, 9.17) is 23.2 Å². The smallest absolute Gasteiger partial charge is 0.0630 e. The number of likely N-dealkylation sites (N-methyl/N-ethyl adjacent to an activating group) is 1. The van der Waals surface area contributed by atoms with E-state index in [1.54, 1.807) is 0 Å². The quantitative estimate of drug-likeness (QED) is 0.674. The zero-order valence-corrected chi connectivity index (χ0v) is 10.6. The highest BCUT2D eigenvalue weighted by atomic mass is 35.5. The number of halogens is 2. The summed E-state index contributed by atoms with van der Waals surface area (Å²) in [6.07, 6.45) is 1.06. The molecule has 1 nitrogen and oxygen atoms in total. The summed E-state index contributed by atoms with van der Waals surface area (Å²) < 4.78 is 0. The van der Waals surface area contributed by atoms with E-state index in [9.17, 15) is 0 Å². The number of hydrogen-bond donors (Lipinski definition) is 0. The molecule has 0 saturated carbocycles. The molecular formula is C12H15Cl2N. The van der Waals surface area contributed by atoms with Crippen LogP contribution >= 0.6 is 23.2 Å². The number of nitrogens with zero attached hydrogens (tertiary/aromatic N) is 1. The Kier molecular flexibility index (Phi) is 3.24. The SMILES string of the molecule is C[C@@H]1CN(C)CCc2ccc(Cl)c(Cl)c21. The van der Waals surface area contributed by atoms with Crippen LogP contribution in [0.3, 0.4) is 0 Å². The van der Waals surface area contributed by atoms with Crippen molar-refractivity contribution in [1.82, 2.24) is 4.90 Å². The Morgan fingerprint density at radius 3 is 2.80 bits per heavy atom. The van der Waals surface area contributed by atoms with Crippen molar-refractivity contribution in [2.45, 2.75) is 19.3 Å². The van der Waals surface area contributed by atoms with Crippen molar-refractivity contribution in [3.8, 4) is 0 Å². The third kappa shape index (κ3) is 2.15. The topological polar surface area (TPSA) is 3.24 Å². The second-order valence-corrected chi connectivity index (χ2v) is 5.13. The van der Waals surface area contributed by atoms with Gasteiger partial charge in [-0.2, -0.15) is 0 Å². The zero-order chi connectivity index (χ0) is 11.0. The van der Waals surface area contributed by atoms with Gasteiger partial charge in [-0.1, -0.05) is 36.2 Å². The van der Waals surface area contributed by atoms with Gasteiger partial charge in [0.2, 0.25) is 0 Å². The average Bonchev–Trinajstić information content (AvgIpc) is 2.32. The summed E-state index contributed by atoms with van der Waals surface area (Å²) >= 11 is 12.3. The van der Waals surface area contributed by atoms with E-state index in [0.29, 0.717) is 10.9 Å². The highest BCUT2D eigenvalue weighted by Gasteiger charge is 2.21. The van der Waals surface area contributed by atoms with E-state index < -0.39 is 0 Å².